The first-order valence-corrected chi connectivity index (χ1v) is 22.5. The number of H-pyrrole nitrogens is 3. The molecule has 3 heterocycles. The number of ether oxygens (including phenoxy) is 2. The molecule has 3 aromatic rings. The number of carbonyl (C=O) groups excluding carboxylic acids is 1. The Bertz CT molecular complexity index is 3160. The molecule has 3 saturated carbocycles. The van der Waals surface area contributed by atoms with Crippen molar-refractivity contribution in [3.05, 3.63) is 122 Å². The molecule has 0 saturated heterocycles. The summed E-state index contributed by atoms with van der Waals surface area (Å²) in [6.45, 7) is -0.864. The zero-order chi connectivity index (χ0) is 54.5. The molecule has 3 aliphatic rings. The second kappa shape index (κ2) is 28.1. The number of amides is 1. The predicted octanol–water partition coefficient (Wildman–Crippen LogP) is -2.70. The van der Waals surface area contributed by atoms with Gasteiger partial charge in [-0.2, -0.15) is 23.7 Å². The fourth-order valence-electron chi connectivity index (χ4n) is 8.32. The van der Waals surface area contributed by atoms with Gasteiger partial charge in [0.1, 0.15) is 28.9 Å². The fourth-order valence-corrected chi connectivity index (χ4v) is 8.32. The largest absolute Gasteiger partial charge is 0.497 e. The van der Waals surface area contributed by atoms with Gasteiger partial charge in [-0.05, 0) is 25.7 Å². The van der Waals surface area contributed by atoms with E-state index in [0.717, 1.165) is 6.08 Å². The Labute approximate surface area is 417 Å². The second-order valence-electron chi connectivity index (χ2n) is 16.6. The van der Waals surface area contributed by atoms with E-state index < -0.39 is 70.6 Å². The van der Waals surface area contributed by atoms with Crippen LogP contribution in [0, 0.1) is 75.9 Å². The van der Waals surface area contributed by atoms with Gasteiger partial charge in [-0.1, -0.05) is 35.5 Å². The topological polar surface area (TPSA) is 393 Å². The molecule has 0 radical (unpaired) electrons. The van der Waals surface area contributed by atoms with Gasteiger partial charge in [-0.25, -0.2) is 14.4 Å². The van der Waals surface area contributed by atoms with Gasteiger partial charge in [0.2, 0.25) is 0 Å². The van der Waals surface area contributed by atoms with Crippen LogP contribution < -0.4 is 50.5 Å². The van der Waals surface area contributed by atoms with E-state index in [2.05, 4.69) is 50.5 Å². The van der Waals surface area contributed by atoms with E-state index in [0.29, 0.717) is 38.5 Å². The molecule has 9 atom stereocenters. The minimum Gasteiger partial charge on any atom is -0.497 e. The van der Waals surface area contributed by atoms with Crippen molar-refractivity contribution in [3.8, 4) is 47.7 Å². The number of allylic oxidation sites excluding steroid dienone is 2. The minimum atomic E-state index is -5.04. The van der Waals surface area contributed by atoms with Crippen LogP contribution >= 0.6 is 0 Å². The van der Waals surface area contributed by atoms with E-state index in [-0.39, 0.29) is 85.5 Å². The first kappa shape index (κ1) is 58.4. The molecule has 74 heavy (non-hydrogen) atoms. The number of nitrogens with zero attached hydrogens (tertiary/aromatic N) is 5. The van der Waals surface area contributed by atoms with Gasteiger partial charge in [-0.3, -0.25) is 47.8 Å². The molecule has 0 aromatic carbocycles. The summed E-state index contributed by atoms with van der Waals surface area (Å²) < 4.78 is 51.2. The average Bonchev–Trinajstić information content (AvgIpc) is 4.09. The number of aromatic amines is 3. The monoisotopic (exact) mass is 1040 g/mol. The van der Waals surface area contributed by atoms with Crippen LogP contribution in [0.2, 0.25) is 0 Å². The van der Waals surface area contributed by atoms with E-state index in [1.54, 1.807) is 11.4 Å². The lowest BCUT2D eigenvalue weighted by molar-refractivity contribution is -0.173. The Kier molecular flexibility index (Phi) is 22.2. The Hall–Kier alpha value is -8.20. The van der Waals surface area contributed by atoms with Crippen LogP contribution in [0.25, 0.3) is 0 Å². The Balaban J connectivity index is 0.000000245. The smallest absolute Gasteiger partial charge is 0.471 e. The van der Waals surface area contributed by atoms with Crippen molar-refractivity contribution in [3.63, 3.8) is 0 Å². The van der Waals surface area contributed by atoms with Gasteiger partial charge in [0.05, 0.1) is 62.6 Å². The molecule has 0 unspecified atom stereocenters. The summed E-state index contributed by atoms with van der Waals surface area (Å²) >= 11 is 0. The zero-order valence-electron chi connectivity index (χ0n) is 39.2. The summed E-state index contributed by atoms with van der Waals surface area (Å²) in [6, 6.07) is 2.63. The molecular weight excluding hydrogens is 984 g/mol. The number of aliphatic hydroxyl groups is 4. The molecule has 0 aliphatic heterocycles. The molecule has 394 valence electrons. The van der Waals surface area contributed by atoms with Crippen LogP contribution in [-0.4, -0.2) is 119 Å². The highest BCUT2D eigenvalue weighted by Gasteiger charge is 2.39. The summed E-state index contributed by atoms with van der Waals surface area (Å²) in [4.78, 5) is 88.6. The quantitative estimate of drug-likeness (QED) is 0.0531. The van der Waals surface area contributed by atoms with Crippen molar-refractivity contribution in [1.82, 2.24) is 34.0 Å². The molecule has 0 bridgehead atoms. The SMILES string of the molecule is N#C/C=C/O[C@H]1C[C@H](n2cc(C#CCN)c(=O)[nH]c2=O)C[C@@H]1CO.N#C/C=C/O[C@H]1C[C@H](n2cc(C#CCNC(=O)C(F)(F)F)c(=O)[nH]c2=O)C[C@@H]1CO.NCC#Cc1cn([C@@H]2C[C@H](CO)[C@@H](O)C2)c(=O)[nH]c1=O. The average molecular weight is 1040 g/mol. The van der Waals surface area contributed by atoms with Crippen molar-refractivity contribution in [2.45, 2.75) is 81.1 Å². The molecule has 27 heteroatoms. The van der Waals surface area contributed by atoms with Crippen LogP contribution in [-0.2, 0) is 14.3 Å². The summed E-state index contributed by atoms with van der Waals surface area (Å²) in [5.74, 6) is 12.0. The maximum absolute atomic E-state index is 12.2. The van der Waals surface area contributed by atoms with Crippen LogP contribution in [0.1, 0.15) is 73.3 Å². The third-order valence-electron chi connectivity index (χ3n) is 11.9. The van der Waals surface area contributed by atoms with Crippen molar-refractivity contribution >= 4 is 5.91 Å². The van der Waals surface area contributed by atoms with Crippen molar-refractivity contribution in [2.24, 2.45) is 29.2 Å². The van der Waals surface area contributed by atoms with Gasteiger partial charge < -0.3 is 46.7 Å². The molecule has 0 spiro atoms. The van der Waals surface area contributed by atoms with E-state index in [4.69, 9.17) is 36.6 Å². The number of hydrogen-bond donors (Lipinski definition) is 10. The number of nitriles is 2. The van der Waals surface area contributed by atoms with Gasteiger partial charge >= 0.3 is 29.2 Å². The number of carbonyl (C=O) groups is 1. The highest BCUT2D eigenvalue weighted by atomic mass is 19.4. The molecule has 6 rings (SSSR count). The Morgan fingerprint density at radius 3 is 1.35 bits per heavy atom. The number of alkyl halides is 3. The summed E-state index contributed by atoms with van der Waals surface area (Å²) in [5.41, 5.74) is 6.98. The lowest BCUT2D eigenvalue weighted by atomic mass is 10.1. The number of aromatic nitrogens is 6. The van der Waals surface area contributed by atoms with Crippen LogP contribution in [0.15, 0.2) is 72.0 Å². The number of halogens is 3. The molecule has 12 N–H and O–H groups in total. The second-order valence-corrected chi connectivity index (χ2v) is 16.6. The lowest BCUT2D eigenvalue weighted by Gasteiger charge is -2.15. The van der Waals surface area contributed by atoms with Gasteiger partial charge in [-0.15, -0.1) is 0 Å². The van der Waals surface area contributed by atoms with E-state index in [9.17, 15) is 62.1 Å². The molecule has 3 fully saturated rings. The van der Waals surface area contributed by atoms with E-state index in [1.807, 2.05) is 6.07 Å². The van der Waals surface area contributed by atoms with Crippen molar-refractivity contribution < 1.29 is 47.9 Å². The molecule has 24 nitrogen and oxygen atoms in total. The minimum absolute atomic E-state index is 0.0977. The third-order valence-corrected chi connectivity index (χ3v) is 11.9. The number of nitrogens with one attached hydrogen (secondary N) is 4. The maximum atomic E-state index is 12.2. The highest BCUT2D eigenvalue weighted by molar-refractivity contribution is 5.81. The molecule has 3 aliphatic carbocycles. The molecular formula is C47H52F3N11O13. The van der Waals surface area contributed by atoms with Crippen molar-refractivity contribution in [1.29, 1.82) is 10.5 Å². The van der Waals surface area contributed by atoms with Crippen molar-refractivity contribution in [2.75, 3.05) is 39.5 Å². The first-order chi connectivity index (χ1) is 35.3. The Morgan fingerprint density at radius 2 is 1.01 bits per heavy atom. The third kappa shape index (κ3) is 16.2. The standard InChI is InChI=1S/C18H17F3N4O5.C16H18N4O4.C13H17N3O4/c19-18(20,21)16(28)23-5-1-3-11-9-25(17(29)24-15(11)27)13-7-12(10-26)14(8-13)30-6-2-4-22;17-4-1-3-11-9-20(16(23)19-15(11)22)13-7-12(10-21)14(8-13)24-6-2-5-18;14-3-1-2-8-6-16(13(20)15-12(8)19)10-4-9(7-17)11(18)5-10/h2,6,9,12-14,26H,5,7-8,10H2,(H,23,28)(H,24,27,29);2,6,9,12-14,21H,4,7-8,10,17H2,(H,19,22,23);6,9-11,17-18H,3-5,7,14H2,(H,15,19,20)/b2*6-2+;/t2*12-,13-,14+;9-,10-,11+/m111/s1. The lowest BCUT2D eigenvalue weighted by Crippen LogP contribution is -2.36. The highest BCUT2D eigenvalue weighted by Crippen LogP contribution is 2.37. The van der Waals surface area contributed by atoms with E-state index in [1.165, 1.54) is 50.9 Å². The summed E-state index contributed by atoms with van der Waals surface area (Å²) in [5, 5.41) is 56.5. The summed E-state index contributed by atoms with van der Waals surface area (Å²) in [6.07, 6.45) is 4.78. The number of aliphatic hydroxyl groups excluding tert-OH is 4. The maximum Gasteiger partial charge on any atom is 0.471 e. The van der Waals surface area contributed by atoms with Gasteiger partial charge in [0, 0.05) is 87.1 Å². The number of nitrogens with two attached hydrogens (primary N) is 2. The fraction of sp³-hybridized carbons (Fsp3) is 0.468. The number of hydrogen-bond acceptors (Lipinski definition) is 17. The normalized spacial score (nSPS) is 22.7. The molecule has 3 aromatic heterocycles. The van der Waals surface area contributed by atoms with E-state index >= 15 is 0 Å². The first-order valence-electron chi connectivity index (χ1n) is 22.5. The van der Waals surface area contributed by atoms with Crippen LogP contribution in [0.3, 0.4) is 0 Å². The van der Waals surface area contributed by atoms with Gasteiger partial charge in [0.15, 0.2) is 0 Å². The summed E-state index contributed by atoms with van der Waals surface area (Å²) in [7, 11) is 0. The van der Waals surface area contributed by atoms with Gasteiger partial charge in [0.25, 0.3) is 16.7 Å². The number of rotatable bonds is 11. The zero-order valence-corrected chi connectivity index (χ0v) is 39.2. The predicted molar refractivity (Wildman–Crippen MR) is 254 cm³/mol. The molecule has 1 amide bonds. The van der Waals surface area contributed by atoms with Crippen LogP contribution in [0.5, 0.6) is 0 Å². The Morgan fingerprint density at radius 1 is 0.649 bits per heavy atom. The van der Waals surface area contributed by atoms with Crippen LogP contribution in [0.4, 0.5) is 13.2 Å².